The van der Waals surface area contributed by atoms with Crippen LogP contribution in [0.5, 0.6) is 0 Å². The molecule has 0 aliphatic heterocycles. The second-order valence-corrected chi connectivity index (χ2v) is 6.30. The van der Waals surface area contributed by atoms with Gasteiger partial charge in [0.1, 0.15) is 4.90 Å². The summed E-state index contributed by atoms with van der Waals surface area (Å²) in [6.45, 7) is 1.19. The molecule has 114 valence electrons. The van der Waals surface area contributed by atoms with Crippen LogP contribution in [-0.4, -0.2) is 41.9 Å². The average molecular weight is 343 g/mol. The van der Waals surface area contributed by atoms with E-state index in [0.29, 0.717) is 13.2 Å². The highest BCUT2D eigenvalue weighted by molar-refractivity contribution is 7.89. The fourth-order valence-corrected chi connectivity index (χ4v) is 3.10. The molecule has 0 atom stereocenters. The number of sulfonamides is 1. The molecule has 0 bridgehead atoms. The number of anilines is 1. The van der Waals surface area contributed by atoms with Crippen LogP contribution in [0.3, 0.4) is 0 Å². The van der Waals surface area contributed by atoms with E-state index in [4.69, 9.17) is 38.4 Å². The topological polar surface area (TPSA) is 90.6 Å². The van der Waals surface area contributed by atoms with Gasteiger partial charge in [-0.25, -0.2) is 13.1 Å². The first kappa shape index (κ1) is 17.5. The van der Waals surface area contributed by atoms with Crippen molar-refractivity contribution in [2.75, 3.05) is 39.2 Å². The molecule has 20 heavy (non-hydrogen) atoms. The van der Waals surface area contributed by atoms with Crippen molar-refractivity contribution >= 4 is 38.9 Å². The smallest absolute Gasteiger partial charge is 0.242 e. The van der Waals surface area contributed by atoms with Crippen molar-refractivity contribution in [3.8, 4) is 0 Å². The molecule has 1 aromatic carbocycles. The van der Waals surface area contributed by atoms with Gasteiger partial charge in [-0.3, -0.25) is 0 Å². The minimum atomic E-state index is -3.75. The average Bonchev–Trinajstić information content (AvgIpc) is 2.39. The number of methoxy groups -OCH3 is 1. The van der Waals surface area contributed by atoms with Crippen LogP contribution in [0.1, 0.15) is 0 Å². The number of nitrogens with one attached hydrogen (secondary N) is 1. The van der Waals surface area contributed by atoms with Crippen LogP contribution < -0.4 is 10.5 Å². The summed E-state index contributed by atoms with van der Waals surface area (Å²) in [6.07, 6.45) is 0. The zero-order valence-corrected chi connectivity index (χ0v) is 13.2. The number of nitrogen functional groups attached to an aromatic ring is 1. The standard InChI is InChI=1S/C11H16Cl2N2O4S/c1-18-6-7-19-5-4-15-20(16,17)9-3-2-8(12)11(14)10(9)13/h2-3,15H,4-7,14H2,1H3. The van der Waals surface area contributed by atoms with Crippen molar-refractivity contribution in [3.05, 3.63) is 22.2 Å². The van der Waals surface area contributed by atoms with Gasteiger partial charge in [0.15, 0.2) is 0 Å². The van der Waals surface area contributed by atoms with Crippen molar-refractivity contribution < 1.29 is 17.9 Å². The van der Waals surface area contributed by atoms with Crippen LogP contribution in [0.25, 0.3) is 0 Å². The van der Waals surface area contributed by atoms with E-state index in [2.05, 4.69) is 4.72 Å². The van der Waals surface area contributed by atoms with Gasteiger partial charge in [-0.1, -0.05) is 23.2 Å². The van der Waals surface area contributed by atoms with E-state index in [0.717, 1.165) is 0 Å². The Labute approximate surface area is 128 Å². The molecule has 0 aromatic heterocycles. The third-order valence-corrected chi connectivity index (χ3v) is 4.70. The van der Waals surface area contributed by atoms with Gasteiger partial charge in [0.25, 0.3) is 0 Å². The van der Waals surface area contributed by atoms with Crippen molar-refractivity contribution in [2.45, 2.75) is 4.90 Å². The van der Waals surface area contributed by atoms with Gasteiger partial charge < -0.3 is 15.2 Å². The van der Waals surface area contributed by atoms with Crippen LogP contribution in [0, 0.1) is 0 Å². The largest absolute Gasteiger partial charge is 0.396 e. The second-order valence-electron chi connectivity index (χ2n) is 3.78. The minimum absolute atomic E-state index is 0.0348. The third kappa shape index (κ3) is 4.76. The van der Waals surface area contributed by atoms with Gasteiger partial charge in [0.2, 0.25) is 10.0 Å². The van der Waals surface area contributed by atoms with Gasteiger partial charge in [-0.05, 0) is 12.1 Å². The number of hydrogen-bond acceptors (Lipinski definition) is 5. The van der Waals surface area contributed by atoms with Gasteiger partial charge in [0.05, 0.1) is 35.6 Å². The SMILES string of the molecule is COCCOCCNS(=O)(=O)c1ccc(Cl)c(N)c1Cl. The molecule has 0 unspecified atom stereocenters. The predicted octanol–water partition coefficient (Wildman–Crippen LogP) is 1.52. The van der Waals surface area contributed by atoms with E-state index in [1.165, 1.54) is 12.1 Å². The van der Waals surface area contributed by atoms with E-state index < -0.39 is 10.0 Å². The van der Waals surface area contributed by atoms with E-state index in [1.807, 2.05) is 0 Å². The molecular formula is C11H16Cl2N2O4S. The first-order valence-corrected chi connectivity index (χ1v) is 7.94. The highest BCUT2D eigenvalue weighted by atomic mass is 35.5. The van der Waals surface area contributed by atoms with Crippen LogP contribution in [0.15, 0.2) is 17.0 Å². The number of rotatable bonds is 8. The van der Waals surface area contributed by atoms with Gasteiger partial charge in [0, 0.05) is 13.7 Å². The molecule has 0 fully saturated rings. The number of benzene rings is 1. The summed E-state index contributed by atoms with van der Waals surface area (Å²) < 4.78 is 36.4. The first-order valence-electron chi connectivity index (χ1n) is 5.70. The second kappa shape index (κ2) is 8.02. The lowest BCUT2D eigenvalue weighted by molar-refractivity contribution is 0.0736. The van der Waals surface area contributed by atoms with Gasteiger partial charge >= 0.3 is 0 Å². The monoisotopic (exact) mass is 342 g/mol. The number of hydrogen-bond donors (Lipinski definition) is 2. The first-order chi connectivity index (χ1) is 9.40. The van der Waals surface area contributed by atoms with Crippen molar-refractivity contribution in [2.24, 2.45) is 0 Å². The molecule has 0 amide bonds. The lowest BCUT2D eigenvalue weighted by Crippen LogP contribution is -2.28. The highest BCUT2D eigenvalue weighted by Crippen LogP contribution is 2.32. The zero-order chi connectivity index (χ0) is 15.2. The van der Waals surface area contributed by atoms with Crippen LogP contribution in [0.4, 0.5) is 5.69 Å². The van der Waals surface area contributed by atoms with Crippen molar-refractivity contribution in [3.63, 3.8) is 0 Å². The Kier molecular flexibility index (Phi) is 7.01. The van der Waals surface area contributed by atoms with Crippen molar-refractivity contribution in [1.29, 1.82) is 0 Å². The Morgan fingerprint density at radius 2 is 1.95 bits per heavy atom. The molecule has 0 saturated carbocycles. The Morgan fingerprint density at radius 1 is 1.25 bits per heavy atom. The van der Waals surface area contributed by atoms with E-state index in [1.54, 1.807) is 7.11 Å². The Morgan fingerprint density at radius 3 is 2.60 bits per heavy atom. The number of halogens is 2. The number of ether oxygens (including phenoxy) is 2. The normalized spacial score (nSPS) is 11.8. The maximum absolute atomic E-state index is 12.0. The Balaban J connectivity index is 2.63. The molecule has 1 rings (SSSR count). The van der Waals surface area contributed by atoms with E-state index >= 15 is 0 Å². The third-order valence-electron chi connectivity index (χ3n) is 2.35. The lowest BCUT2D eigenvalue weighted by atomic mass is 10.3. The molecule has 1 aromatic rings. The van der Waals surface area contributed by atoms with Crippen molar-refractivity contribution in [1.82, 2.24) is 4.72 Å². The summed E-state index contributed by atoms with van der Waals surface area (Å²) in [5.41, 5.74) is 5.63. The molecular weight excluding hydrogens is 327 g/mol. The molecule has 0 aliphatic rings. The molecule has 0 radical (unpaired) electrons. The summed E-state index contributed by atoms with van der Waals surface area (Å²) in [4.78, 5) is -0.113. The van der Waals surface area contributed by atoms with E-state index in [9.17, 15) is 8.42 Å². The summed E-state index contributed by atoms with van der Waals surface area (Å²) in [7, 11) is -2.20. The molecule has 6 nitrogen and oxygen atoms in total. The Bertz CT molecular complexity index is 552. The fourth-order valence-electron chi connectivity index (χ4n) is 1.33. The highest BCUT2D eigenvalue weighted by Gasteiger charge is 2.20. The number of nitrogens with two attached hydrogens (primary N) is 1. The van der Waals surface area contributed by atoms with Gasteiger partial charge in [-0.15, -0.1) is 0 Å². The molecule has 0 spiro atoms. The Hall–Kier alpha value is -0.570. The fraction of sp³-hybridized carbons (Fsp3) is 0.455. The molecule has 9 heteroatoms. The maximum atomic E-state index is 12.0. The zero-order valence-electron chi connectivity index (χ0n) is 10.9. The van der Waals surface area contributed by atoms with Gasteiger partial charge in [-0.2, -0.15) is 0 Å². The maximum Gasteiger partial charge on any atom is 0.242 e. The van der Waals surface area contributed by atoms with Crippen LogP contribution in [0.2, 0.25) is 10.0 Å². The molecule has 3 N–H and O–H groups in total. The van der Waals surface area contributed by atoms with Crippen LogP contribution >= 0.6 is 23.2 Å². The molecule has 0 saturated heterocycles. The summed E-state index contributed by atoms with van der Waals surface area (Å²) >= 11 is 11.6. The van der Waals surface area contributed by atoms with E-state index in [-0.39, 0.29) is 33.8 Å². The molecule has 0 heterocycles. The minimum Gasteiger partial charge on any atom is -0.396 e. The van der Waals surface area contributed by atoms with Crippen LogP contribution in [-0.2, 0) is 19.5 Å². The summed E-state index contributed by atoms with van der Waals surface area (Å²) in [6, 6.07) is 2.68. The summed E-state index contributed by atoms with van der Waals surface area (Å²) in [5, 5.41) is 0.113. The lowest BCUT2D eigenvalue weighted by Gasteiger charge is -2.10. The molecule has 0 aliphatic carbocycles. The quantitative estimate of drug-likeness (QED) is 0.552. The predicted molar refractivity (Wildman–Crippen MR) is 78.8 cm³/mol. The summed E-state index contributed by atoms with van der Waals surface area (Å²) in [5.74, 6) is 0.